The number of hydrogen-bond acceptors (Lipinski definition) is 5. The van der Waals surface area contributed by atoms with Crippen molar-refractivity contribution in [1.82, 2.24) is 4.98 Å². The molecule has 0 unspecified atom stereocenters. The van der Waals surface area contributed by atoms with Crippen LogP contribution >= 0.6 is 0 Å². The van der Waals surface area contributed by atoms with E-state index < -0.39 is 11.9 Å². The zero-order chi connectivity index (χ0) is 30.4. The number of aromatic nitrogens is 1. The van der Waals surface area contributed by atoms with Crippen LogP contribution in [0.5, 0.6) is 17.2 Å². The summed E-state index contributed by atoms with van der Waals surface area (Å²) in [5, 5.41) is 19.3. The molecule has 0 spiro atoms. The average molecular weight is 588 g/mol. The van der Waals surface area contributed by atoms with Crippen LogP contribution in [-0.4, -0.2) is 47.0 Å². The second kappa shape index (κ2) is 16.2. The first kappa shape index (κ1) is 31.5. The van der Waals surface area contributed by atoms with E-state index in [0.717, 1.165) is 71.4 Å². The van der Waals surface area contributed by atoms with Crippen LogP contribution < -0.4 is 14.2 Å². The summed E-state index contributed by atoms with van der Waals surface area (Å²) in [5.74, 6) is 0.512. The van der Waals surface area contributed by atoms with E-state index >= 15 is 0 Å². The second-order valence-electron chi connectivity index (χ2n) is 10.6. The normalized spacial score (nSPS) is 11.0. The van der Waals surface area contributed by atoms with Gasteiger partial charge in [0.2, 0.25) is 0 Å². The number of aliphatic carboxylic acids is 2. The molecule has 0 aliphatic rings. The molecule has 0 aliphatic heterocycles. The van der Waals surface area contributed by atoms with E-state index in [9.17, 15) is 14.7 Å². The zero-order valence-electron chi connectivity index (χ0n) is 24.8. The van der Waals surface area contributed by atoms with E-state index in [1.165, 1.54) is 5.39 Å². The standard InChI is InChI=1S/C35H41NO7/c1-2-41-29-21-28(27-14-13-26-17-18-36-32(26)23-27)22-30(24-29)42-19-6-4-3-5-9-25-10-7-11-33(31(25)15-16-35(39)40)43-20-8-12-34(37)38/h7,10-11,13-14,17-18,21-24,36H,2-6,8-9,12,15-16,19-20H2,1H3,(H,37,38)(H,39,40). The molecule has 0 fully saturated rings. The Labute approximate surface area is 252 Å². The number of aryl methyl sites for hydroxylation is 1. The van der Waals surface area contributed by atoms with Gasteiger partial charge >= 0.3 is 11.9 Å². The Bertz CT molecular complexity index is 1490. The van der Waals surface area contributed by atoms with Crippen molar-refractivity contribution < 1.29 is 34.0 Å². The molecule has 8 heteroatoms. The van der Waals surface area contributed by atoms with E-state index in [4.69, 9.17) is 19.3 Å². The maximum Gasteiger partial charge on any atom is 0.303 e. The van der Waals surface area contributed by atoms with Crippen molar-refractivity contribution >= 4 is 22.8 Å². The van der Waals surface area contributed by atoms with Crippen LogP contribution in [0.3, 0.4) is 0 Å². The van der Waals surface area contributed by atoms with Crippen LogP contribution in [0.1, 0.15) is 63.0 Å². The van der Waals surface area contributed by atoms with E-state index in [2.05, 4.69) is 35.3 Å². The third-order valence-corrected chi connectivity index (χ3v) is 7.30. The number of carboxylic acid groups (broad SMARTS) is 2. The van der Waals surface area contributed by atoms with Gasteiger partial charge in [-0.25, -0.2) is 0 Å². The molecule has 1 heterocycles. The van der Waals surface area contributed by atoms with Gasteiger partial charge in [0.15, 0.2) is 0 Å². The highest BCUT2D eigenvalue weighted by molar-refractivity contribution is 5.85. The number of aromatic amines is 1. The van der Waals surface area contributed by atoms with E-state index in [1.807, 2.05) is 43.5 Å². The largest absolute Gasteiger partial charge is 0.494 e. The Morgan fingerprint density at radius 2 is 1.49 bits per heavy atom. The molecule has 0 aliphatic carbocycles. The number of benzene rings is 3. The SMILES string of the molecule is CCOc1cc(OCCCCCCc2cccc(OCCCC(=O)O)c2CCC(=O)O)cc(-c2ccc3cc[nH]c3c2)c1. The molecule has 3 N–H and O–H groups in total. The maximum absolute atomic E-state index is 11.2. The highest BCUT2D eigenvalue weighted by Gasteiger charge is 2.12. The Hall–Kier alpha value is -4.46. The third-order valence-electron chi connectivity index (χ3n) is 7.30. The summed E-state index contributed by atoms with van der Waals surface area (Å²) in [6, 6.07) is 20.2. The highest BCUT2D eigenvalue weighted by atomic mass is 16.5. The molecule has 8 nitrogen and oxygen atoms in total. The molecule has 4 aromatic rings. The van der Waals surface area contributed by atoms with Crippen LogP contribution in [0, 0.1) is 0 Å². The molecule has 4 rings (SSSR count). The van der Waals surface area contributed by atoms with Gasteiger partial charge in [0.25, 0.3) is 0 Å². The quantitative estimate of drug-likeness (QED) is 0.0963. The van der Waals surface area contributed by atoms with Gasteiger partial charge < -0.3 is 29.4 Å². The molecule has 228 valence electrons. The molecule has 0 saturated carbocycles. The fourth-order valence-electron chi connectivity index (χ4n) is 5.16. The van der Waals surface area contributed by atoms with Gasteiger partial charge in [0.05, 0.1) is 19.8 Å². The predicted octanol–water partition coefficient (Wildman–Crippen LogP) is 7.68. The Morgan fingerprint density at radius 1 is 0.721 bits per heavy atom. The lowest BCUT2D eigenvalue weighted by Crippen LogP contribution is -2.07. The van der Waals surface area contributed by atoms with Crippen LogP contribution in [-0.2, 0) is 22.4 Å². The number of H-pyrrole nitrogens is 1. The molecule has 1 aromatic heterocycles. The van der Waals surface area contributed by atoms with Crippen molar-refractivity contribution in [3.8, 4) is 28.4 Å². The van der Waals surface area contributed by atoms with Crippen molar-refractivity contribution in [1.29, 1.82) is 0 Å². The molecular formula is C35H41NO7. The lowest BCUT2D eigenvalue weighted by atomic mass is 9.97. The summed E-state index contributed by atoms with van der Waals surface area (Å²) in [7, 11) is 0. The minimum absolute atomic E-state index is 0.0205. The van der Waals surface area contributed by atoms with Crippen LogP contribution in [0.4, 0.5) is 0 Å². The fourth-order valence-corrected chi connectivity index (χ4v) is 5.16. The summed E-state index contributed by atoms with van der Waals surface area (Å²) in [6.07, 6.45) is 7.53. The topological polar surface area (TPSA) is 118 Å². The van der Waals surface area contributed by atoms with Crippen LogP contribution in [0.15, 0.2) is 66.9 Å². The van der Waals surface area contributed by atoms with E-state index in [1.54, 1.807) is 0 Å². The Kier molecular flexibility index (Phi) is 11.9. The van der Waals surface area contributed by atoms with Gasteiger partial charge in [-0.3, -0.25) is 9.59 Å². The van der Waals surface area contributed by atoms with Gasteiger partial charge in [-0.15, -0.1) is 0 Å². The van der Waals surface area contributed by atoms with Crippen LogP contribution in [0.25, 0.3) is 22.0 Å². The summed E-state index contributed by atoms with van der Waals surface area (Å²) < 4.78 is 17.8. The maximum atomic E-state index is 11.2. The first-order valence-electron chi connectivity index (χ1n) is 15.1. The number of nitrogens with one attached hydrogen (secondary N) is 1. The number of rotatable bonds is 19. The Balaban J connectivity index is 1.27. The first-order chi connectivity index (χ1) is 20.9. The summed E-state index contributed by atoms with van der Waals surface area (Å²) in [5.41, 5.74) is 5.23. The molecule has 0 amide bonds. The fraction of sp³-hybridized carbons (Fsp3) is 0.371. The van der Waals surface area contributed by atoms with Gasteiger partial charge in [0.1, 0.15) is 17.2 Å². The monoisotopic (exact) mass is 587 g/mol. The smallest absolute Gasteiger partial charge is 0.303 e. The number of unbranched alkanes of at least 4 members (excludes halogenated alkanes) is 3. The predicted molar refractivity (Wildman–Crippen MR) is 167 cm³/mol. The lowest BCUT2D eigenvalue weighted by Gasteiger charge is -2.15. The number of carboxylic acids is 2. The minimum atomic E-state index is -0.858. The number of carbonyl (C=O) groups is 2. The summed E-state index contributed by atoms with van der Waals surface area (Å²) in [4.78, 5) is 25.3. The van der Waals surface area contributed by atoms with E-state index in [0.29, 0.717) is 31.8 Å². The third kappa shape index (κ3) is 9.81. The first-order valence-corrected chi connectivity index (χ1v) is 15.1. The molecule has 43 heavy (non-hydrogen) atoms. The van der Waals surface area contributed by atoms with Crippen molar-refractivity contribution in [2.45, 2.75) is 64.7 Å². The molecule has 0 radical (unpaired) electrons. The van der Waals surface area contributed by atoms with E-state index in [-0.39, 0.29) is 19.4 Å². The Morgan fingerprint density at radius 3 is 2.28 bits per heavy atom. The molecule has 0 saturated heterocycles. The molecular weight excluding hydrogens is 546 g/mol. The van der Waals surface area contributed by atoms with Crippen LogP contribution in [0.2, 0.25) is 0 Å². The van der Waals surface area contributed by atoms with Crippen molar-refractivity contribution in [3.63, 3.8) is 0 Å². The van der Waals surface area contributed by atoms with Gasteiger partial charge in [-0.05, 0) is 97.0 Å². The summed E-state index contributed by atoms with van der Waals surface area (Å²) >= 11 is 0. The molecule has 0 atom stereocenters. The lowest BCUT2D eigenvalue weighted by molar-refractivity contribution is -0.138. The van der Waals surface area contributed by atoms with Crippen molar-refractivity contribution in [3.05, 3.63) is 78.0 Å². The molecule has 3 aromatic carbocycles. The molecule has 0 bridgehead atoms. The van der Waals surface area contributed by atoms with Crippen molar-refractivity contribution in [2.24, 2.45) is 0 Å². The zero-order valence-corrected chi connectivity index (χ0v) is 24.8. The average Bonchev–Trinajstić information content (AvgIpc) is 3.46. The van der Waals surface area contributed by atoms with Gasteiger partial charge in [-0.1, -0.05) is 37.1 Å². The minimum Gasteiger partial charge on any atom is -0.494 e. The van der Waals surface area contributed by atoms with Gasteiger partial charge in [0, 0.05) is 30.6 Å². The second-order valence-corrected chi connectivity index (χ2v) is 10.6. The summed E-state index contributed by atoms with van der Waals surface area (Å²) in [6.45, 7) is 3.44. The number of fused-ring (bicyclic) bond motifs is 1. The van der Waals surface area contributed by atoms with Gasteiger partial charge in [-0.2, -0.15) is 0 Å². The highest BCUT2D eigenvalue weighted by Crippen LogP contribution is 2.32. The number of ether oxygens (including phenoxy) is 3. The number of hydrogen-bond donors (Lipinski definition) is 3. The van der Waals surface area contributed by atoms with Crippen molar-refractivity contribution in [2.75, 3.05) is 19.8 Å².